The van der Waals surface area contributed by atoms with E-state index < -0.39 is 0 Å². The first-order valence-electron chi connectivity index (χ1n) is 8.64. The third kappa shape index (κ3) is 7.06. The molecule has 0 spiro atoms. The molecule has 0 amide bonds. The van der Waals surface area contributed by atoms with E-state index in [1.165, 1.54) is 30.4 Å². The molecule has 1 rings (SSSR count). The number of aryl methyl sites for hydroxylation is 1. The van der Waals surface area contributed by atoms with Crippen molar-refractivity contribution in [1.29, 1.82) is 0 Å². The van der Waals surface area contributed by atoms with Crippen LogP contribution in [0.4, 0.5) is 0 Å². The van der Waals surface area contributed by atoms with E-state index in [0.717, 1.165) is 24.3 Å². The molecule has 2 atom stereocenters. The summed E-state index contributed by atoms with van der Waals surface area (Å²) in [5, 5.41) is 0. The van der Waals surface area contributed by atoms with Gasteiger partial charge in [-0.05, 0) is 46.0 Å². The summed E-state index contributed by atoms with van der Waals surface area (Å²) in [6.45, 7) is 10.8. The van der Waals surface area contributed by atoms with Crippen LogP contribution in [-0.2, 0) is 0 Å². The van der Waals surface area contributed by atoms with Crippen molar-refractivity contribution in [2.75, 3.05) is 0 Å². The van der Waals surface area contributed by atoms with Crippen LogP contribution in [0.15, 0.2) is 35.9 Å². The molecule has 0 heterocycles. The molecular weight excluding hydrogens is 268 g/mol. The second-order valence-electron chi connectivity index (χ2n) is 7.03. The predicted octanol–water partition coefficient (Wildman–Crippen LogP) is 6.37. The Morgan fingerprint density at radius 3 is 2.27 bits per heavy atom. The summed E-state index contributed by atoms with van der Waals surface area (Å²) in [6.07, 6.45) is 8.13. The molecule has 0 fully saturated rings. The van der Waals surface area contributed by atoms with Crippen LogP contribution in [-0.4, -0.2) is 5.78 Å². The largest absolute Gasteiger partial charge is 0.294 e. The van der Waals surface area contributed by atoms with Crippen molar-refractivity contribution in [2.45, 2.75) is 66.7 Å². The molecular formula is C21H32O. The lowest BCUT2D eigenvalue weighted by atomic mass is 9.91. The van der Waals surface area contributed by atoms with Crippen LogP contribution in [0, 0.1) is 18.8 Å². The Hall–Kier alpha value is -1.37. The molecule has 0 radical (unpaired) electrons. The number of allylic oxidation sites excluding steroid dienone is 2. The van der Waals surface area contributed by atoms with Crippen molar-refractivity contribution >= 4 is 5.78 Å². The molecule has 0 aromatic heterocycles. The zero-order chi connectivity index (χ0) is 16.5. The van der Waals surface area contributed by atoms with Crippen molar-refractivity contribution in [2.24, 2.45) is 11.8 Å². The van der Waals surface area contributed by atoms with Gasteiger partial charge in [0, 0.05) is 11.5 Å². The van der Waals surface area contributed by atoms with Gasteiger partial charge in [0.2, 0.25) is 0 Å². The summed E-state index contributed by atoms with van der Waals surface area (Å²) in [4.78, 5) is 12.4. The van der Waals surface area contributed by atoms with Gasteiger partial charge in [-0.3, -0.25) is 4.79 Å². The number of hydrogen-bond acceptors (Lipinski definition) is 1. The Kier molecular flexibility index (Phi) is 8.16. The van der Waals surface area contributed by atoms with Crippen LogP contribution in [0.1, 0.15) is 75.7 Å². The first-order chi connectivity index (χ1) is 10.4. The van der Waals surface area contributed by atoms with E-state index in [9.17, 15) is 4.79 Å². The summed E-state index contributed by atoms with van der Waals surface area (Å²) in [5.41, 5.74) is 3.47. The summed E-state index contributed by atoms with van der Waals surface area (Å²) in [6, 6.07) is 7.95. The molecule has 1 aromatic carbocycles. The van der Waals surface area contributed by atoms with Crippen molar-refractivity contribution < 1.29 is 4.79 Å². The van der Waals surface area contributed by atoms with E-state index in [1.807, 2.05) is 31.2 Å². The van der Waals surface area contributed by atoms with Crippen LogP contribution >= 0.6 is 0 Å². The number of Topliss-reactive ketones (excluding diaryl/α,β-unsaturated/α-hetero) is 1. The van der Waals surface area contributed by atoms with Gasteiger partial charge in [-0.1, -0.05) is 68.2 Å². The predicted molar refractivity (Wildman–Crippen MR) is 96.4 cm³/mol. The van der Waals surface area contributed by atoms with E-state index >= 15 is 0 Å². The lowest BCUT2D eigenvalue weighted by Crippen LogP contribution is -2.11. The fourth-order valence-electron chi connectivity index (χ4n) is 2.71. The molecule has 0 saturated carbocycles. The van der Waals surface area contributed by atoms with Gasteiger partial charge in [-0.25, -0.2) is 0 Å². The average molecular weight is 300 g/mol. The molecule has 0 aliphatic rings. The molecule has 2 unspecified atom stereocenters. The highest BCUT2D eigenvalue weighted by Crippen LogP contribution is 2.20. The summed E-state index contributed by atoms with van der Waals surface area (Å²) in [5.74, 6) is 1.17. The number of carbonyl (C=O) groups is 1. The lowest BCUT2D eigenvalue weighted by Gasteiger charge is -2.13. The van der Waals surface area contributed by atoms with Gasteiger partial charge in [0.1, 0.15) is 0 Å². The molecule has 0 aliphatic heterocycles. The second-order valence-corrected chi connectivity index (χ2v) is 7.03. The van der Waals surface area contributed by atoms with Crippen molar-refractivity contribution in [3.8, 4) is 0 Å². The normalized spacial score (nSPS) is 13.5. The van der Waals surface area contributed by atoms with Gasteiger partial charge in [0.05, 0.1) is 0 Å². The lowest BCUT2D eigenvalue weighted by molar-refractivity contribution is 0.0921. The third-order valence-corrected chi connectivity index (χ3v) is 4.33. The zero-order valence-corrected chi connectivity index (χ0v) is 15.0. The summed E-state index contributed by atoms with van der Waals surface area (Å²) in [7, 11) is 0. The standard InChI is InChI=1S/C21H32O/c1-16(2)8-6-9-17(3)10-7-11-19(5)21(22)20-14-12-18(4)13-15-20/h8,12-15,17,19H,6-7,9-11H2,1-5H3. The molecule has 1 aromatic rings. The van der Waals surface area contributed by atoms with Gasteiger partial charge >= 0.3 is 0 Å². The Balaban J connectivity index is 2.30. The molecule has 22 heavy (non-hydrogen) atoms. The second kappa shape index (κ2) is 9.61. The highest BCUT2D eigenvalue weighted by molar-refractivity contribution is 5.97. The fraction of sp³-hybridized carbons (Fsp3) is 0.571. The molecule has 0 aliphatic carbocycles. The number of rotatable bonds is 9. The Labute approximate surface area is 136 Å². The Morgan fingerprint density at radius 1 is 1.05 bits per heavy atom. The van der Waals surface area contributed by atoms with E-state index in [-0.39, 0.29) is 11.7 Å². The quantitative estimate of drug-likeness (QED) is 0.382. The monoisotopic (exact) mass is 300 g/mol. The van der Waals surface area contributed by atoms with Crippen LogP contribution < -0.4 is 0 Å². The minimum absolute atomic E-state index is 0.132. The number of ketones is 1. The smallest absolute Gasteiger partial charge is 0.165 e. The molecule has 1 nitrogen and oxygen atoms in total. The fourth-order valence-corrected chi connectivity index (χ4v) is 2.71. The highest BCUT2D eigenvalue weighted by Gasteiger charge is 2.15. The minimum Gasteiger partial charge on any atom is -0.294 e. The van der Waals surface area contributed by atoms with Crippen molar-refractivity contribution in [3.63, 3.8) is 0 Å². The maximum atomic E-state index is 12.4. The minimum atomic E-state index is 0.132. The molecule has 0 N–H and O–H groups in total. The first-order valence-corrected chi connectivity index (χ1v) is 8.64. The zero-order valence-electron chi connectivity index (χ0n) is 15.0. The molecule has 0 bridgehead atoms. The topological polar surface area (TPSA) is 17.1 Å². The Bertz CT molecular complexity index is 477. The van der Waals surface area contributed by atoms with Crippen LogP contribution in [0.2, 0.25) is 0 Å². The number of hydrogen-bond donors (Lipinski definition) is 0. The van der Waals surface area contributed by atoms with Crippen LogP contribution in [0.3, 0.4) is 0 Å². The summed E-state index contributed by atoms with van der Waals surface area (Å²) < 4.78 is 0. The van der Waals surface area contributed by atoms with Crippen molar-refractivity contribution in [1.82, 2.24) is 0 Å². The Morgan fingerprint density at radius 2 is 1.68 bits per heavy atom. The average Bonchev–Trinajstić information content (AvgIpc) is 2.46. The van der Waals surface area contributed by atoms with E-state index in [4.69, 9.17) is 0 Å². The van der Waals surface area contributed by atoms with E-state index in [0.29, 0.717) is 0 Å². The van der Waals surface area contributed by atoms with Crippen LogP contribution in [0.25, 0.3) is 0 Å². The van der Waals surface area contributed by atoms with Gasteiger partial charge in [0.25, 0.3) is 0 Å². The third-order valence-electron chi connectivity index (χ3n) is 4.33. The van der Waals surface area contributed by atoms with Crippen LogP contribution in [0.5, 0.6) is 0 Å². The maximum Gasteiger partial charge on any atom is 0.165 e. The maximum absolute atomic E-state index is 12.4. The SMILES string of the molecule is CC(C)=CCCC(C)CCCC(C)C(=O)c1ccc(C)cc1. The molecule has 122 valence electrons. The first kappa shape index (κ1) is 18.7. The van der Waals surface area contributed by atoms with Gasteiger partial charge in [-0.15, -0.1) is 0 Å². The molecule has 1 heteroatoms. The van der Waals surface area contributed by atoms with Gasteiger partial charge in [-0.2, -0.15) is 0 Å². The number of benzene rings is 1. The van der Waals surface area contributed by atoms with Gasteiger partial charge < -0.3 is 0 Å². The highest BCUT2D eigenvalue weighted by atomic mass is 16.1. The number of carbonyl (C=O) groups excluding carboxylic acids is 1. The van der Waals surface area contributed by atoms with Gasteiger partial charge in [0.15, 0.2) is 5.78 Å². The van der Waals surface area contributed by atoms with E-state index in [2.05, 4.69) is 33.8 Å². The molecule has 0 saturated heterocycles. The summed E-state index contributed by atoms with van der Waals surface area (Å²) >= 11 is 0. The van der Waals surface area contributed by atoms with E-state index in [1.54, 1.807) is 0 Å². The van der Waals surface area contributed by atoms with Crippen molar-refractivity contribution in [3.05, 3.63) is 47.0 Å².